The van der Waals surface area contributed by atoms with E-state index in [0.717, 1.165) is 31.9 Å². The van der Waals surface area contributed by atoms with Crippen molar-refractivity contribution < 1.29 is 4.74 Å². The quantitative estimate of drug-likeness (QED) is 0.648. The summed E-state index contributed by atoms with van der Waals surface area (Å²) in [5.41, 5.74) is 6.62. The number of benzene rings is 2. The van der Waals surface area contributed by atoms with Gasteiger partial charge in [0.15, 0.2) is 0 Å². The molecule has 5 rings (SSSR count). The summed E-state index contributed by atoms with van der Waals surface area (Å²) in [5, 5.41) is 11.9. The Kier molecular flexibility index (Phi) is 5.17. The van der Waals surface area contributed by atoms with Gasteiger partial charge in [-0.3, -0.25) is 0 Å². The van der Waals surface area contributed by atoms with Crippen LogP contribution in [-0.2, 0) is 13.0 Å². The van der Waals surface area contributed by atoms with Gasteiger partial charge in [0, 0.05) is 30.6 Å². The smallest absolute Gasteiger partial charge is 0.127 e. The van der Waals surface area contributed by atoms with E-state index in [1.165, 1.54) is 40.7 Å². The van der Waals surface area contributed by atoms with E-state index in [1.54, 1.807) is 11.3 Å². The Labute approximate surface area is 170 Å². The Morgan fingerprint density at radius 2 is 2.04 bits per heavy atom. The van der Waals surface area contributed by atoms with Crippen LogP contribution in [0, 0.1) is 0 Å². The minimum Gasteiger partial charge on any atom is -0.493 e. The summed E-state index contributed by atoms with van der Waals surface area (Å²) in [4.78, 5) is 0. The zero-order valence-electron chi connectivity index (χ0n) is 16.0. The first-order chi connectivity index (χ1) is 13.9. The van der Waals surface area contributed by atoms with E-state index in [2.05, 4.69) is 69.9 Å². The number of ether oxygens (including phenoxy) is 1. The lowest BCUT2D eigenvalue weighted by Crippen LogP contribution is -2.45. The van der Waals surface area contributed by atoms with Crippen LogP contribution >= 0.6 is 11.3 Å². The van der Waals surface area contributed by atoms with Crippen molar-refractivity contribution in [3.63, 3.8) is 0 Å². The van der Waals surface area contributed by atoms with Crippen LogP contribution in [0.3, 0.4) is 0 Å². The molecule has 2 aliphatic heterocycles. The van der Waals surface area contributed by atoms with Crippen LogP contribution < -0.4 is 15.4 Å². The van der Waals surface area contributed by atoms with Gasteiger partial charge in [-0.1, -0.05) is 30.3 Å². The van der Waals surface area contributed by atoms with Crippen LogP contribution in [-0.4, -0.2) is 19.2 Å². The molecule has 1 fully saturated rings. The normalized spacial score (nSPS) is 21.3. The van der Waals surface area contributed by atoms with E-state index in [-0.39, 0.29) is 0 Å². The molecule has 28 heavy (non-hydrogen) atoms. The zero-order chi connectivity index (χ0) is 18.8. The molecule has 3 aromatic rings. The van der Waals surface area contributed by atoms with Gasteiger partial charge >= 0.3 is 0 Å². The number of nitrogens with one attached hydrogen (secondary N) is 2. The van der Waals surface area contributed by atoms with Crippen LogP contribution in [0.25, 0.3) is 11.1 Å². The predicted octanol–water partition coefficient (Wildman–Crippen LogP) is 4.93. The molecule has 144 valence electrons. The Morgan fingerprint density at radius 1 is 1.11 bits per heavy atom. The molecule has 1 aromatic heterocycles. The molecule has 2 N–H and O–H groups in total. The van der Waals surface area contributed by atoms with Gasteiger partial charge in [-0.2, -0.15) is 11.3 Å². The van der Waals surface area contributed by atoms with Gasteiger partial charge in [0.1, 0.15) is 5.75 Å². The maximum Gasteiger partial charge on any atom is 0.127 e. The van der Waals surface area contributed by atoms with Crippen molar-refractivity contribution in [2.75, 3.05) is 13.2 Å². The SMILES string of the molecule is c1ccc([C@@H]2NCCC[C@@H]2NCc2cc(-c3ccsc3)cc3c2OCC3)cc1. The van der Waals surface area contributed by atoms with Crippen molar-refractivity contribution in [1.82, 2.24) is 10.6 Å². The fraction of sp³-hybridized carbons (Fsp3) is 0.333. The van der Waals surface area contributed by atoms with Crippen molar-refractivity contribution in [3.8, 4) is 16.9 Å². The van der Waals surface area contributed by atoms with Crippen molar-refractivity contribution >= 4 is 11.3 Å². The third-order valence-electron chi connectivity index (χ3n) is 5.89. The van der Waals surface area contributed by atoms with Crippen molar-refractivity contribution in [2.45, 2.75) is 37.9 Å². The summed E-state index contributed by atoms with van der Waals surface area (Å²) >= 11 is 1.75. The molecular formula is C24H26N2OS. The molecule has 0 saturated carbocycles. The lowest BCUT2D eigenvalue weighted by atomic mass is 9.92. The minimum absolute atomic E-state index is 0.365. The summed E-state index contributed by atoms with van der Waals surface area (Å²) in [6.07, 6.45) is 3.42. The topological polar surface area (TPSA) is 33.3 Å². The average molecular weight is 391 g/mol. The largest absolute Gasteiger partial charge is 0.493 e. The van der Waals surface area contributed by atoms with Crippen molar-refractivity contribution in [2.24, 2.45) is 0 Å². The number of hydrogen-bond donors (Lipinski definition) is 2. The number of rotatable bonds is 5. The lowest BCUT2D eigenvalue weighted by Gasteiger charge is -2.34. The Morgan fingerprint density at radius 3 is 2.89 bits per heavy atom. The Balaban J connectivity index is 1.38. The van der Waals surface area contributed by atoms with Crippen LogP contribution in [0.2, 0.25) is 0 Å². The lowest BCUT2D eigenvalue weighted by molar-refractivity contribution is 0.301. The van der Waals surface area contributed by atoms with Gasteiger partial charge in [0.2, 0.25) is 0 Å². The molecule has 2 aromatic carbocycles. The molecule has 2 aliphatic rings. The molecule has 0 aliphatic carbocycles. The average Bonchev–Trinajstić information content (AvgIpc) is 3.44. The summed E-state index contributed by atoms with van der Waals surface area (Å²) < 4.78 is 6.00. The standard InChI is InChI=1S/C24H26N2OS/c1-2-5-17(6-3-1)23-22(7-4-10-25-23)26-15-21-14-20(19-9-12-28-16-19)13-18-8-11-27-24(18)21/h1-3,5-6,9,12-14,16,22-23,25-26H,4,7-8,10-11,15H2/t22-,23-/m0/s1. The molecular weight excluding hydrogens is 364 g/mol. The maximum absolute atomic E-state index is 6.00. The number of fused-ring (bicyclic) bond motifs is 1. The van der Waals surface area contributed by atoms with Crippen LogP contribution in [0.1, 0.15) is 35.6 Å². The highest BCUT2D eigenvalue weighted by Gasteiger charge is 2.26. The van der Waals surface area contributed by atoms with Gasteiger partial charge in [-0.05, 0) is 70.6 Å². The van der Waals surface area contributed by atoms with Crippen LogP contribution in [0.5, 0.6) is 5.75 Å². The van der Waals surface area contributed by atoms with Gasteiger partial charge in [-0.15, -0.1) is 0 Å². The summed E-state index contributed by atoms with van der Waals surface area (Å²) in [5.74, 6) is 1.10. The number of thiophene rings is 1. The van der Waals surface area contributed by atoms with E-state index in [1.807, 2.05) is 0 Å². The number of hydrogen-bond acceptors (Lipinski definition) is 4. The Hall–Kier alpha value is -2.14. The van der Waals surface area contributed by atoms with Gasteiger partial charge in [-0.25, -0.2) is 0 Å². The molecule has 0 spiro atoms. The van der Waals surface area contributed by atoms with E-state index in [4.69, 9.17) is 4.74 Å². The maximum atomic E-state index is 6.00. The molecule has 0 radical (unpaired) electrons. The summed E-state index contributed by atoms with van der Waals surface area (Å²) in [7, 11) is 0. The summed E-state index contributed by atoms with van der Waals surface area (Å²) in [6, 6.07) is 18.4. The molecule has 1 saturated heterocycles. The summed E-state index contributed by atoms with van der Waals surface area (Å²) in [6.45, 7) is 2.73. The van der Waals surface area contributed by atoms with Crippen molar-refractivity contribution in [3.05, 3.63) is 76.0 Å². The third-order valence-corrected chi connectivity index (χ3v) is 6.57. The van der Waals surface area contributed by atoms with E-state index in [9.17, 15) is 0 Å². The molecule has 3 heterocycles. The molecule has 0 amide bonds. The third kappa shape index (κ3) is 3.60. The predicted molar refractivity (Wildman–Crippen MR) is 116 cm³/mol. The second-order valence-corrected chi connectivity index (χ2v) is 8.49. The highest BCUT2D eigenvalue weighted by Crippen LogP contribution is 2.36. The first kappa shape index (κ1) is 17.9. The zero-order valence-corrected chi connectivity index (χ0v) is 16.8. The van der Waals surface area contributed by atoms with Gasteiger partial charge in [0.25, 0.3) is 0 Å². The number of piperidine rings is 1. The highest BCUT2D eigenvalue weighted by molar-refractivity contribution is 7.08. The van der Waals surface area contributed by atoms with Gasteiger partial charge in [0.05, 0.1) is 6.61 Å². The second-order valence-electron chi connectivity index (χ2n) is 7.71. The first-order valence-corrected chi connectivity index (χ1v) is 11.2. The second kappa shape index (κ2) is 8.08. The van der Waals surface area contributed by atoms with E-state index >= 15 is 0 Å². The molecule has 2 atom stereocenters. The van der Waals surface area contributed by atoms with Crippen molar-refractivity contribution in [1.29, 1.82) is 0 Å². The van der Waals surface area contributed by atoms with E-state index in [0.29, 0.717) is 12.1 Å². The van der Waals surface area contributed by atoms with Crippen LogP contribution in [0.4, 0.5) is 0 Å². The van der Waals surface area contributed by atoms with E-state index < -0.39 is 0 Å². The monoisotopic (exact) mass is 390 g/mol. The first-order valence-electron chi connectivity index (χ1n) is 10.2. The minimum atomic E-state index is 0.365. The molecule has 0 bridgehead atoms. The highest BCUT2D eigenvalue weighted by atomic mass is 32.1. The fourth-order valence-corrected chi connectivity index (χ4v) is 5.14. The fourth-order valence-electron chi connectivity index (χ4n) is 4.48. The molecule has 0 unspecified atom stereocenters. The van der Waals surface area contributed by atoms with Crippen LogP contribution in [0.15, 0.2) is 59.3 Å². The molecule has 4 heteroatoms. The van der Waals surface area contributed by atoms with Gasteiger partial charge < -0.3 is 15.4 Å². The molecule has 3 nitrogen and oxygen atoms in total. The Bertz CT molecular complexity index is 923.